The number of fused-ring (bicyclic) bond motifs is 1. The van der Waals surface area contributed by atoms with Gasteiger partial charge in [0.05, 0.1) is 11.0 Å². The zero-order chi connectivity index (χ0) is 21.9. The number of nitrogens with zero attached hydrogens (tertiary/aromatic N) is 2. The Morgan fingerprint density at radius 3 is 2.43 bits per heavy atom. The van der Waals surface area contributed by atoms with E-state index in [2.05, 4.69) is 5.32 Å². The van der Waals surface area contributed by atoms with Crippen LogP contribution in [0.15, 0.2) is 53.3 Å². The second-order valence-electron chi connectivity index (χ2n) is 6.66. The summed E-state index contributed by atoms with van der Waals surface area (Å²) >= 11 is 0. The fourth-order valence-electron chi connectivity index (χ4n) is 3.04. The summed E-state index contributed by atoms with van der Waals surface area (Å²) in [5, 5.41) is 4.37. The maximum atomic E-state index is 12.4. The first-order chi connectivity index (χ1) is 14.2. The quantitative estimate of drug-likeness (QED) is 0.643. The van der Waals surface area contributed by atoms with Crippen molar-refractivity contribution in [1.82, 2.24) is 14.5 Å². The molecule has 7 nitrogen and oxygen atoms in total. The van der Waals surface area contributed by atoms with E-state index in [0.29, 0.717) is 5.52 Å². The molecule has 3 rings (SSSR count). The first kappa shape index (κ1) is 21.2. The number of alkyl halides is 3. The van der Waals surface area contributed by atoms with Gasteiger partial charge < -0.3 is 10.6 Å². The zero-order valence-corrected chi connectivity index (χ0v) is 16.0. The van der Waals surface area contributed by atoms with Gasteiger partial charge in [0, 0.05) is 31.3 Å². The Bertz CT molecular complexity index is 1150. The minimum absolute atomic E-state index is 0.00158. The number of hydrogen-bond acceptors (Lipinski definition) is 3. The summed E-state index contributed by atoms with van der Waals surface area (Å²) in [5.41, 5.74) is 1.47. The molecule has 0 aliphatic heterocycles. The molecule has 0 spiro atoms. The molecule has 158 valence electrons. The van der Waals surface area contributed by atoms with Crippen LogP contribution < -0.4 is 16.3 Å². The summed E-state index contributed by atoms with van der Waals surface area (Å²) in [7, 11) is 1.65. The highest BCUT2D eigenvalue weighted by atomic mass is 19.4. The number of hydrogen-bond donors (Lipinski definition) is 2. The molecule has 2 N–H and O–H groups in total. The van der Waals surface area contributed by atoms with E-state index in [4.69, 9.17) is 0 Å². The number of nitrogens with one attached hydrogen (secondary N) is 2. The standard InChI is InChI=1S/C20H19F3N4O3/c1-26-15-7-2-3-8-16(15)27(19(26)30)10-9-17(28)25-14-6-4-5-13(11-14)18(29)24-12-20(21,22)23/h2-8,11H,9-10,12H2,1H3,(H,24,29)(H,25,28). The van der Waals surface area contributed by atoms with E-state index in [-0.39, 0.29) is 29.9 Å². The van der Waals surface area contributed by atoms with Crippen molar-refractivity contribution in [3.8, 4) is 0 Å². The van der Waals surface area contributed by atoms with Crippen molar-refractivity contribution in [2.45, 2.75) is 19.1 Å². The van der Waals surface area contributed by atoms with Crippen molar-refractivity contribution in [2.75, 3.05) is 11.9 Å². The van der Waals surface area contributed by atoms with Crippen molar-refractivity contribution >= 4 is 28.5 Å². The van der Waals surface area contributed by atoms with Gasteiger partial charge in [-0.1, -0.05) is 18.2 Å². The van der Waals surface area contributed by atoms with Gasteiger partial charge in [0.1, 0.15) is 6.54 Å². The lowest BCUT2D eigenvalue weighted by atomic mass is 10.2. The Kier molecular flexibility index (Phi) is 5.95. The van der Waals surface area contributed by atoms with Gasteiger partial charge in [-0.05, 0) is 30.3 Å². The van der Waals surface area contributed by atoms with E-state index >= 15 is 0 Å². The van der Waals surface area contributed by atoms with Gasteiger partial charge in [0.15, 0.2) is 0 Å². The zero-order valence-electron chi connectivity index (χ0n) is 16.0. The van der Waals surface area contributed by atoms with Crippen molar-refractivity contribution in [3.63, 3.8) is 0 Å². The Labute approximate surface area is 169 Å². The number of carbonyl (C=O) groups is 2. The summed E-state index contributed by atoms with van der Waals surface area (Å²) in [6.07, 6.45) is -4.51. The minimum Gasteiger partial charge on any atom is -0.343 e. The second kappa shape index (κ2) is 8.44. The summed E-state index contributed by atoms with van der Waals surface area (Å²) in [6.45, 7) is -1.29. The van der Waals surface area contributed by atoms with Gasteiger partial charge in [-0.2, -0.15) is 13.2 Å². The lowest BCUT2D eigenvalue weighted by Crippen LogP contribution is -2.33. The molecule has 2 aromatic carbocycles. The van der Waals surface area contributed by atoms with Crippen LogP contribution in [0.25, 0.3) is 11.0 Å². The highest BCUT2D eigenvalue weighted by Gasteiger charge is 2.27. The Morgan fingerprint density at radius 1 is 1.03 bits per heavy atom. The number of imidazole rings is 1. The largest absolute Gasteiger partial charge is 0.405 e. The molecule has 3 aromatic rings. The van der Waals surface area contributed by atoms with Gasteiger partial charge in [0.25, 0.3) is 5.91 Å². The summed E-state index contributed by atoms with van der Waals surface area (Å²) in [5.74, 6) is -1.30. The lowest BCUT2D eigenvalue weighted by Gasteiger charge is -2.10. The summed E-state index contributed by atoms with van der Waals surface area (Å²) < 4.78 is 39.7. The summed E-state index contributed by atoms with van der Waals surface area (Å²) in [6, 6.07) is 12.8. The number of halogens is 3. The third-order valence-corrected chi connectivity index (χ3v) is 4.47. The first-order valence-electron chi connectivity index (χ1n) is 9.05. The van der Waals surface area contributed by atoms with E-state index in [1.165, 1.54) is 33.4 Å². The third-order valence-electron chi connectivity index (χ3n) is 4.47. The molecule has 1 aromatic heterocycles. The van der Waals surface area contributed by atoms with Gasteiger partial charge in [-0.25, -0.2) is 4.79 Å². The summed E-state index contributed by atoms with van der Waals surface area (Å²) in [4.78, 5) is 36.5. The van der Waals surface area contributed by atoms with Crippen LogP contribution in [-0.2, 0) is 18.4 Å². The molecule has 0 unspecified atom stereocenters. The van der Waals surface area contributed by atoms with Crippen molar-refractivity contribution in [2.24, 2.45) is 7.05 Å². The molecule has 0 atom stereocenters. The van der Waals surface area contributed by atoms with Crippen LogP contribution in [0.4, 0.5) is 18.9 Å². The van der Waals surface area contributed by atoms with E-state index < -0.39 is 24.5 Å². The van der Waals surface area contributed by atoms with Crippen LogP contribution in [-0.4, -0.2) is 33.7 Å². The number of aryl methyl sites for hydroxylation is 2. The van der Waals surface area contributed by atoms with E-state index in [0.717, 1.165) is 5.52 Å². The van der Waals surface area contributed by atoms with Gasteiger partial charge in [-0.15, -0.1) is 0 Å². The number of carbonyl (C=O) groups excluding carboxylic acids is 2. The number of benzene rings is 2. The molecule has 0 aliphatic rings. The highest BCUT2D eigenvalue weighted by Crippen LogP contribution is 2.15. The SMILES string of the molecule is Cn1c(=O)n(CCC(=O)Nc2cccc(C(=O)NCC(F)(F)F)c2)c2ccccc21. The predicted octanol–water partition coefficient (Wildman–Crippen LogP) is 2.66. The Morgan fingerprint density at radius 2 is 1.73 bits per heavy atom. The molecule has 0 fully saturated rings. The number of rotatable bonds is 6. The van der Waals surface area contributed by atoms with Crippen LogP contribution >= 0.6 is 0 Å². The van der Waals surface area contributed by atoms with Gasteiger partial charge >= 0.3 is 11.9 Å². The fourth-order valence-corrected chi connectivity index (χ4v) is 3.04. The van der Waals surface area contributed by atoms with Gasteiger partial charge in [-0.3, -0.25) is 18.7 Å². The van der Waals surface area contributed by atoms with Crippen LogP contribution in [0.1, 0.15) is 16.8 Å². The Balaban J connectivity index is 1.64. The van der Waals surface area contributed by atoms with E-state index in [1.54, 1.807) is 24.5 Å². The fraction of sp³-hybridized carbons (Fsp3) is 0.250. The smallest absolute Gasteiger partial charge is 0.343 e. The normalized spacial score (nSPS) is 11.5. The molecule has 0 saturated heterocycles. The Hall–Kier alpha value is -3.56. The molecular formula is C20H19F3N4O3. The molecular weight excluding hydrogens is 401 g/mol. The maximum Gasteiger partial charge on any atom is 0.405 e. The highest BCUT2D eigenvalue weighted by molar-refractivity contribution is 5.97. The third kappa shape index (κ3) is 4.88. The number of para-hydroxylation sites is 2. The second-order valence-corrected chi connectivity index (χ2v) is 6.66. The van der Waals surface area contributed by atoms with Crippen LogP contribution in [0.2, 0.25) is 0 Å². The van der Waals surface area contributed by atoms with Crippen molar-refractivity contribution in [1.29, 1.82) is 0 Å². The average Bonchev–Trinajstić information content (AvgIpc) is 2.95. The monoisotopic (exact) mass is 420 g/mol. The lowest BCUT2D eigenvalue weighted by molar-refractivity contribution is -0.123. The predicted molar refractivity (Wildman–Crippen MR) is 105 cm³/mol. The topological polar surface area (TPSA) is 85.1 Å². The molecule has 10 heteroatoms. The van der Waals surface area contributed by atoms with Crippen LogP contribution in [0, 0.1) is 0 Å². The number of aromatic nitrogens is 2. The average molecular weight is 420 g/mol. The molecule has 0 saturated carbocycles. The minimum atomic E-state index is -4.51. The molecule has 0 radical (unpaired) electrons. The number of amides is 2. The van der Waals surface area contributed by atoms with Crippen LogP contribution in [0.3, 0.4) is 0 Å². The number of anilines is 1. The molecule has 30 heavy (non-hydrogen) atoms. The van der Waals surface area contributed by atoms with E-state index in [9.17, 15) is 27.6 Å². The molecule has 0 bridgehead atoms. The first-order valence-corrected chi connectivity index (χ1v) is 9.05. The maximum absolute atomic E-state index is 12.4. The van der Waals surface area contributed by atoms with Crippen LogP contribution in [0.5, 0.6) is 0 Å². The molecule has 0 aliphatic carbocycles. The van der Waals surface area contributed by atoms with Crippen molar-refractivity contribution < 1.29 is 22.8 Å². The molecule has 1 heterocycles. The van der Waals surface area contributed by atoms with E-state index in [1.807, 2.05) is 12.1 Å². The van der Waals surface area contributed by atoms with Gasteiger partial charge in [0.2, 0.25) is 5.91 Å². The van der Waals surface area contributed by atoms with Crippen molar-refractivity contribution in [3.05, 3.63) is 64.6 Å². The molecule has 2 amide bonds.